The monoisotopic (exact) mass is 306 g/mol. The predicted molar refractivity (Wildman–Crippen MR) is 70.6 cm³/mol. The molecule has 0 bridgehead atoms. The smallest absolute Gasteiger partial charge is 0.330 e. The lowest BCUT2D eigenvalue weighted by atomic mass is 10.2. The van der Waals surface area contributed by atoms with Crippen LogP contribution in [0.1, 0.15) is 11.0 Å². The lowest BCUT2D eigenvalue weighted by molar-refractivity contribution is -0.137. The third-order valence-corrected chi connectivity index (χ3v) is 2.47. The first-order valence-corrected chi connectivity index (χ1v) is 5.80. The summed E-state index contributed by atoms with van der Waals surface area (Å²) >= 11 is 5.39. The van der Waals surface area contributed by atoms with Crippen molar-refractivity contribution in [2.24, 2.45) is 0 Å². The van der Waals surface area contributed by atoms with Crippen molar-refractivity contribution in [2.45, 2.75) is 6.92 Å². The lowest BCUT2D eigenvalue weighted by Gasteiger charge is -2.16. The van der Waals surface area contributed by atoms with Crippen LogP contribution in [0, 0.1) is 11.6 Å². The maximum Gasteiger partial charge on any atom is 0.330 e. The fourth-order valence-electron chi connectivity index (χ4n) is 1.21. The third-order valence-electron chi connectivity index (χ3n) is 2.12. The molecule has 1 rings (SSSR count). The van der Waals surface area contributed by atoms with Gasteiger partial charge >= 0.3 is 5.97 Å². The van der Waals surface area contributed by atoms with Gasteiger partial charge in [-0.3, -0.25) is 4.79 Å². The van der Waals surface area contributed by atoms with Gasteiger partial charge in [-0.25, -0.2) is 13.6 Å². The molecule has 0 heterocycles. The van der Waals surface area contributed by atoms with Gasteiger partial charge in [0.1, 0.15) is 10.8 Å². The average molecular weight is 307 g/mol. The number of ether oxygens (including phenoxy) is 1. The quantitative estimate of drug-likeness (QED) is 0.488. The van der Waals surface area contributed by atoms with Crippen molar-refractivity contribution >= 4 is 29.2 Å². The van der Waals surface area contributed by atoms with E-state index in [1.54, 1.807) is 0 Å². The molecular formula is C13H12ClF2NO3. The van der Waals surface area contributed by atoms with Crippen molar-refractivity contribution in [3.05, 3.63) is 40.9 Å². The summed E-state index contributed by atoms with van der Waals surface area (Å²) in [6.45, 7) is -1.49. The summed E-state index contributed by atoms with van der Waals surface area (Å²) < 4.78 is 53.7. The van der Waals surface area contributed by atoms with Crippen molar-refractivity contribution < 1.29 is 27.2 Å². The molecule has 0 aliphatic rings. The molecule has 0 N–H and O–H groups in total. The Morgan fingerprint density at radius 2 is 2.15 bits per heavy atom. The summed E-state index contributed by atoms with van der Waals surface area (Å²) in [6.07, 6.45) is 1.31. The summed E-state index contributed by atoms with van der Waals surface area (Å²) in [5.41, 5.74) is -0.741. The van der Waals surface area contributed by atoms with Gasteiger partial charge in [0, 0.05) is 23.2 Å². The molecule has 0 aromatic heterocycles. The Bertz CT molecular complexity index is 650. The zero-order valence-corrected chi connectivity index (χ0v) is 11.1. The van der Waals surface area contributed by atoms with Crippen molar-refractivity contribution in [1.29, 1.82) is 0 Å². The van der Waals surface area contributed by atoms with Crippen molar-refractivity contribution in [3.63, 3.8) is 0 Å². The van der Waals surface area contributed by atoms with Crippen LogP contribution >= 0.6 is 11.6 Å². The Kier molecular flexibility index (Phi) is 4.14. The summed E-state index contributed by atoms with van der Waals surface area (Å²) in [5.74, 6) is -4.60. The van der Waals surface area contributed by atoms with Gasteiger partial charge in [-0.1, -0.05) is 11.6 Å². The van der Waals surface area contributed by atoms with E-state index in [1.807, 2.05) is 0 Å². The van der Waals surface area contributed by atoms with Gasteiger partial charge < -0.3 is 9.64 Å². The zero-order chi connectivity index (χ0) is 17.8. The maximum absolute atomic E-state index is 14.0. The number of esters is 1. The maximum atomic E-state index is 14.0. The van der Waals surface area contributed by atoms with E-state index in [0.29, 0.717) is 12.2 Å². The van der Waals surface area contributed by atoms with Crippen molar-refractivity contribution in [1.82, 2.24) is 0 Å². The van der Waals surface area contributed by atoms with E-state index < -0.39 is 41.2 Å². The van der Waals surface area contributed by atoms with Gasteiger partial charge in [0.15, 0.2) is 5.82 Å². The summed E-state index contributed by atoms with van der Waals surface area (Å²) in [6, 6.07) is 1.49. The summed E-state index contributed by atoms with van der Waals surface area (Å²) in [4.78, 5) is 23.3. The van der Waals surface area contributed by atoms with Gasteiger partial charge in [-0.2, -0.15) is 0 Å². The number of amides is 1. The van der Waals surface area contributed by atoms with E-state index in [9.17, 15) is 18.4 Å². The molecule has 0 fully saturated rings. The van der Waals surface area contributed by atoms with Gasteiger partial charge in [-0.05, 0) is 19.1 Å². The molecule has 0 radical (unpaired) electrons. The number of likely N-dealkylation sites (N-methyl/N-ethyl adjacent to an activating group) is 1. The minimum atomic E-state index is -3.09. The van der Waals surface area contributed by atoms with Gasteiger partial charge in [0.05, 0.1) is 12.3 Å². The molecular weight excluding hydrogens is 292 g/mol. The second-order valence-electron chi connectivity index (χ2n) is 3.45. The normalized spacial score (nSPS) is 13.5. The van der Waals surface area contributed by atoms with E-state index in [4.69, 9.17) is 15.7 Å². The molecule has 1 aromatic rings. The zero-order valence-electron chi connectivity index (χ0n) is 13.3. The number of nitrogens with zero attached hydrogens (tertiary/aromatic N) is 1. The number of anilines is 1. The first-order valence-electron chi connectivity index (χ1n) is 6.92. The standard InChI is InChI=1S/C13H12ClF2NO3/c1-3-20-11(19)7-6-10(18)17(2)9-5-4-8(15)12(14)13(9)16/h4-7H,3H2,1-2H3/b7-6+/i2D3. The van der Waals surface area contributed by atoms with Gasteiger partial charge in [-0.15, -0.1) is 0 Å². The van der Waals surface area contributed by atoms with Crippen LogP contribution in [0.4, 0.5) is 14.5 Å². The minimum absolute atomic E-state index is 0.0581. The van der Waals surface area contributed by atoms with E-state index >= 15 is 0 Å². The van der Waals surface area contributed by atoms with Crippen LogP contribution in [0.5, 0.6) is 0 Å². The lowest BCUT2D eigenvalue weighted by Crippen LogP contribution is -2.25. The highest BCUT2D eigenvalue weighted by atomic mass is 35.5. The summed E-state index contributed by atoms with van der Waals surface area (Å²) in [5, 5.41) is -0.945. The van der Waals surface area contributed by atoms with E-state index in [-0.39, 0.29) is 11.5 Å². The van der Waals surface area contributed by atoms with Crippen LogP contribution in [-0.4, -0.2) is 25.5 Å². The average Bonchev–Trinajstić information content (AvgIpc) is 2.44. The number of halogens is 3. The fraction of sp³-hybridized carbons (Fsp3) is 0.231. The largest absolute Gasteiger partial charge is 0.463 e. The summed E-state index contributed by atoms with van der Waals surface area (Å²) in [7, 11) is 0. The van der Waals surface area contributed by atoms with Crippen molar-refractivity contribution in [2.75, 3.05) is 18.5 Å². The van der Waals surface area contributed by atoms with Crippen LogP contribution in [0.3, 0.4) is 0 Å². The molecule has 0 aliphatic heterocycles. The number of carbonyl (C=O) groups excluding carboxylic acids is 2. The number of rotatable bonds is 4. The number of hydrogen-bond donors (Lipinski definition) is 0. The minimum Gasteiger partial charge on any atom is -0.463 e. The molecule has 0 saturated heterocycles. The molecule has 0 atom stereocenters. The second-order valence-corrected chi connectivity index (χ2v) is 3.83. The third kappa shape index (κ3) is 3.77. The van der Waals surface area contributed by atoms with E-state index in [0.717, 1.165) is 12.1 Å². The van der Waals surface area contributed by atoms with Crippen LogP contribution in [-0.2, 0) is 14.3 Å². The first kappa shape index (κ1) is 11.8. The number of carbonyl (C=O) groups is 2. The molecule has 1 aromatic carbocycles. The predicted octanol–water partition coefficient (Wildman–Crippen LogP) is 2.70. The van der Waals surface area contributed by atoms with Gasteiger partial charge in [0.2, 0.25) is 0 Å². The van der Waals surface area contributed by atoms with Crippen LogP contribution < -0.4 is 4.90 Å². The topological polar surface area (TPSA) is 46.6 Å². The Morgan fingerprint density at radius 1 is 1.45 bits per heavy atom. The Hall–Kier alpha value is -1.95. The highest BCUT2D eigenvalue weighted by Gasteiger charge is 2.17. The Balaban J connectivity index is 3.25. The molecule has 108 valence electrons. The molecule has 0 unspecified atom stereocenters. The second kappa shape index (κ2) is 7.00. The first-order chi connectivity index (χ1) is 10.6. The van der Waals surface area contributed by atoms with Crippen molar-refractivity contribution in [3.8, 4) is 0 Å². The fourth-order valence-corrected chi connectivity index (χ4v) is 1.37. The molecule has 4 nitrogen and oxygen atoms in total. The highest BCUT2D eigenvalue weighted by molar-refractivity contribution is 6.31. The van der Waals surface area contributed by atoms with E-state index in [2.05, 4.69) is 4.74 Å². The molecule has 0 aliphatic carbocycles. The number of benzene rings is 1. The van der Waals surface area contributed by atoms with Crippen LogP contribution in [0.2, 0.25) is 5.02 Å². The number of hydrogen-bond acceptors (Lipinski definition) is 3. The van der Waals surface area contributed by atoms with Crippen LogP contribution in [0.25, 0.3) is 0 Å². The molecule has 0 saturated carbocycles. The Labute approximate surface area is 123 Å². The molecule has 0 spiro atoms. The molecule has 1 amide bonds. The van der Waals surface area contributed by atoms with Gasteiger partial charge in [0.25, 0.3) is 5.91 Å². The SMILES string of the molecule is [2H]C([2H])([2H])N(C(=O)/C=C/C(=O)OCC)c1ccc(F)c(Cl)c1F. The van der Waals surface area contributed by atoms with Crippen LogP contribution in [0.15, 0.2) is 24.3 Å². The highest BCUT2D eigenvalue weighted by Crippen LogP contribution is 2.27. The Morgan fingerprint density at radius 3 is 2.75 bits per heavy atom. The van der Waals surface area contributed by atoms with E-state index in [1.165, 1.54) is 6.92 Å². The molecule has 7 heteroatoms. The molecule has 20 heavy (non-hydrogen) atoms.